The number of carbonyl (C=O) groups is 1. The van der Waals surface area contributed by atoms with E-state index in [0.717, 1.165) is 0 Å². The second kappa shape index (κ2) is 6.68. The Labute approximate surface area is 141 Å². The topological polar surface area (TPSA) is 70.8 Å². The Kier molecular flexibility index (Phi) is 4.62. The molecule has 0 unspecified atom stereocenters. The molecule has 1 aromatic heterocycles. The molecule has 6 nitrogen and oxygen atoms in total. The van der Waals surface area contributed by atoms with Gasteiger partial charge in [0.1, 0.15) is 0 Å². The van der Waals surface area contributed by atoms with Gasteiger partial charge in [0.2, 0.25) is 0 Å². The quantitative estimate of drug-likeness (QED) is 0.845. The summed E-state index contributed by atoms with van der Waals surface area (Å²) in [5.41, 5.74) is 0.712. The van der Waals surface area contributed by atoms with E-state index in [2.05, 4.69) is 0 Å². The number of anilines is 1. The van der Waals surface area contributed by atoms with Crippen LogP contribution in [0.3, 0.4) is 0 Å². The molecule has 0 aliphatic carbocycles. The minimum Gasteiger partial charge on any atom is -0.459 e. The Morgan fingerprint density at radius 3 is 2.42 bits per heavy atom. The van der Waals surface area contributed by atoms with E-state index in [9.17, 15) is 13.2 Å². The lowest BCUT2D eigenvalue weighted by Gasteiger charge is -2.36. The maximum absolute atomic E-state index is 12.3. The third-order valence-electron chi connectivity index (χ3n) is 4.22. The molecule has 1 aromatic carbocycles. The summed E-state index contributed by atoms with van der Waals surface area (Å²) in [5, 5.41) is 0. The number of para-hydroxylation sites is 1. The standard InChI is InChI=1S/C17H20N2O4S/c1-2-24(21,22)16-8-4-3-6-14(16)18-9-11-19(12-10-18)17(20)15-7-5-13-23-15/h3-8,13H,2,9-12H2,1H3. The predicted molar refractivity (Wildman–Crippen MR) is 91.0 cm³/mol. The molecule has 1 fully saturated rings. The zero-order valence-corrected chi connectivity index (χ0v) is 14.3. The van der Waals surface area contributed by atoms with E-state index in [4.69, 9.17) is 4.42 Å². The first-order chi connectivity index (χ1) is 11.5. The summed E-state index contributed by atoms with van der Waals surface area (Å²) in [7, 11) is -3.28. The van der Waals surface area contributed by atoms with Crippen LogP contribution in [-0.2, 0) is 9.84 Å². The number of amides is 1. The Morgan fingerprint density at radius 2 is 1.79 bits per heavy atom. The van der Waals surface area contributed by atoms with Crippen LogP contribution in [0.1, 0.15) is 17.5 Å². The predicted octanol–water partition coefficient (Wildman–Crippen LogP) is 2.04. The van der Waals surface area contributed by atoms with Crippen LogP contribution in [0.25, 0.3) is 0 Å². The minimum atomic E-state index is -3.28. The van der Waals surface area contributed by atoms with Gasteiger partial charge < -0.3 is 14.2 Å². The molecule has 1 saturated heterocycles. The highest BCUT2D eigenvalue weighted by molar-refractivity contribution is 7.91. The summed E-state index contributed by atoms with van der Waals surface area (Å²) >= 11 is 0. The molecule has 7 heteroatoms. The molecule has 1 amide bonds. The van der Waals surface area contributed by atoms with Gasteiger partial charge in [0.25, 0.3) is 5.91 Å². The van der Waals surface area contributed by atoms with Crippen molar-refractivity contribution in [3.05, 3.63) is 48.4 Å². The number of rotatable bonds is 4. The van der Waals surface area contributed by atoms with Crippen molar-refractivity contribution in [3.8, 4) is 0 Å². The van der Waals surface area contributed by atoms with E-state index in [0.29, 0.717) is 42.5 Å². The number of sulfone groups is 1. The molecule has 1 aliphatic heterocycles. The van der Waals surface area contributed by atoms with Gasteiger partial charge in [-0.2, -0.15) is 0 Å². The fourth-order valence-corrected chi connectivity index (χ4v) is 3.96. The number of furan rings is 1. The zero-order chi connectivity index (χ0) is 17.2. The van der Waals surface area contributed by atoms with Crippen LogP contribution in [0.2, 0.25) is 0 Å². The molecular formula is C17H20N2O4S. The first kappa shape index (κ1) is 16.6. The molecular weight excluding hydrogens is 328 g/mol. The van der Waals surface area contributed by atoms with Crippen molar-refractivity contribution in [3.63, 3.8) is 0 Å². The number of hydrogen-bond acceptors (Lipinski definition) is 5. The molecule has 24 heavy (non-hydrogen) atoms. The van der Waals surface area contributed by atoms with Gasteiger partial charge in [0, 0.05) is 26.2 Å². The average molecular weight is 348 g/mol. The van der Waals surface area contributed by atoms with Crippen LogP contribution in [0, 0.1) is 0 Å². The molecule has 2 aromatic rings. The Hall–Kier alpha value is -2.28. The second-order valence-electron chi connectivity index (χ2n) is 5.63. The first-order valence-corrected chi connectivity index (χ1v) is 9.57. The van der Waals surface area contributed by atoms with Crippen LogP contribution in [0.15, 0.2) is 52.0 Å². The van der Waals surface area contributed by atoms with Crippen LogP contribution in [0.4, 0.5) is 5.69 Å². The van der Waals surface area contributed by atoms with Crippen molar-refractivity contribution in [2.45, 2.75) is 11.8 Å². The lowest BCUT2D eigenvalue weighted by atomic mass is 10.2. The summed E-state index contributed by atoms with van der Waals surface area (Å²) in [5.74, 6) is 0.271. The van der Waals surface area contributed by atoms with E-state index in [1.807, 2.05) is 17.0 Å². The maximum Gasteiger partial charge on any atom is 0.289 e. The van der Waals surface area contributed by atoms with Gasteiger partial charge in [-0.15, -0.1) is 0 Å². The molecule has 0 radical (unpaired) electrons. The third kappa shape index (κ3) is 3.17. The number of nitrogens with zero attached hydrogens (tertiary/aromatic N) is 2. The Morgan fingerprint density at radius 1 is 1.08 bits per heavy atom. The molecule has 1 aliphatic rings. The van der Waals surface area contributed by atoms with Gasteiger partial charge in [0.15, 0.2) is 15.6 Å². The number of piperazine rings is 1. The van der Waals surface area contributed by atoms with E-state index in [-0.39, 0.29) is 11.7 Å². The van der Waals surface area contributed by atoms with Gasteiger partial charge in [-0.3, -0.25) is 4.79 Å². The Bertz CT molecular complexity index is 807. The number of benzene rings is 1. The summed E-state index contributed by atoms with van der Waals surface area (Å²) in [4.78, 5) is 16.4. The molecule has 0 N–H and O–H groups in total. The molecule has 0 atom stereocenters. The summed E-state index contributed by atoms with van der Waals surface area (Å²) in [6.45, 7) is 3.87. The monoisotopic (exact) mass is 348 g/mol. The van der Waals surface area contributed by atoms with Gasteiger partial charge >= 0.3 is 0 Å². The van der Waals surface area contributed by atoms with Crippen LogP contribution in [0.5, 0.6) is 0 Å². The van der Waals surface area contributed by atoms with E-state index in [1.165, 1.54) is 6.26 Å². The molecule has 0 spiro atoms. The lowest BCUT2D eigenvalue weighted by molar-refractivity contribution is 0.0714. The SMILES string of the molecule is CCS(=O)(=O)c1ccccc1N1CCN(C(=O)c2ccco2)CC1. The van der Waals surface area contributed by atoms with Crippen LogP contribution in [-0.4, -0.2) is 51.2 Å². The summed E-state index contributed by atoms with van der Waals surface area (Å²) in [6.07, 6.45) is 1.48. The zero-order valence-electron chi connectivity index (χ0n) is 13.5. The van der Waals surface area contributed by atoms with Crippen molar-refractivity contribution in [2.24, 2.45) is 0 Å². The third-order valence-corrected chi connectivity index (χ3v) is 6.00. The summed E-state index contributed by atoms with van der Waals surface area (Å²) in [6, 6.07) is 10.4. The van der Waals surface area contributed by atoms with Crippen molar-refractivity contribution in [2.75, 3.05) is 36.8 Å². The lowest BCUT2D eigenvalue weighted by Crippen LogP contribution is -2.49. The van der Waals surface area contributed by atoms with Gasteiger partial charge in [-0.1, -0.05) is 19.1 Å². The van der Waals surface area contributed by atoms with Gasteiger partial charge in [-0.05, 0) is 24.3 Å². The van der Waals surface area contributed by atoms with Gasteiger partial charge in [-0.25, -0.2) is 8.42 Å². The fraction of sp³-hybridized carbons (Fsp3) is 0.353. The van der Waals surface area contributed by atoms with Crippen molar-refractivity contribution >= 4 is 21.4 Å². The highest BCUT2D eigenvalue weighted by atomic mass is 32.2. The van der Waals surface area contributed by atoms with Crippen molar-refractivity contribution in [1.82, 2.24) is 4.90 Å². The molecule has 2 heterocycles. The fourth-order valence-electron chi connectivity index (χ4n) is 2.84. The Balaban J connectivity index is 1.75. The number of carbonyl (C=O) groups excluding carboxylic acids is 1. The molecule has 3 rings (SSSR count). The molecule has 0 saturated carbocycles. The minimum absolute atomic E-state index is 0.0704. The smallest absolute Gasteiger partial charge is 0.289 e. The second-order valence-corrected chi connectivity index (χ2v) is 7.87. The van der Waals surface area contributed by atoms with Gasteiger partial charge in [0.05, 0.1) is 22.6 Å². The van der Waals surface area contributed by atoms with Crippen LogP contribution < -0.4 is 4.90 Å². The van der Waals surface area contributed by atoms with Crippen molar-refractivity contribution in [1.29, 1.82) is 0 Å². The largest absolute Gasteiger partial charge is 0.459 e. The number of hydrogen-bond donors (Lipinski definition) is 0. The van der Waals surface area contributed by atoms with E-state index >= 15 is 0 Å². The molecule has 0 bridgehead atoms. The summed E-state index contributed by atoms with van der Waals surface area (Å²) < 4.78 is 29.7. The maximum atomic E-state index is 12.3. The normalized spacial score (nSPS) is 15.5. The van der Waals surface area contributed by atoms with E-state index in [1.54, 1.807) is 36.1 Å². The first-order valence-electron chi connectivity index (χ1n) is 7.92. The highest BCUT2D eigenvalue weighted by Crippen LogP contribution is 2.27. The highest BCUT2D eigenvalue weighted by Gasteiger charge is 2.26. The van der Waals surface area contributed by atoms with Crippen LogP contribution >= 0.6 is 0 Å². The van der Waals surface area contributed by atoms with Crippen molar-refractivity contribution < 1.29 is 17.6 Å². The average Bonchev–Trinajstić information content (AvgIpc) is 3.16. The molecule has 128 valence electrons. The van der Waals surface area contributed by atoms with E-state index < -0.39 is 9.84 Å².